The van der Waals surface area contributed by atoms with E-state index >= 15 is 0 Å². The Hall–Kier alpha value is -3.33. The Balaban J connectivity index is 0.000000621. The largest absolute Gasteiger partial charge is 1.00 e. The summed E-state index contributed by atoms with van der Waals surface area (Å²) in [5.41, 5.74) is 11.6. The van der Waals surface area contributed by atoms with Crippen LogP contribution in [0.5, 0.6) is 0 Å². The zero-order valence-electron chi connectivity index (χ0n) is 36.9. The molecule has 5 unspecified atom stereocenters. The van der Waals surface area contributed by atoms with E-state index in [-0.39, 0.29) is 76.5 Å². The molecule has 4 amide bonds. The average molecular weight is 923 g/mol. The van der Waals surface area contributed by atoms with Crippen LogP contribution in [-0.2, 0) is 37.4 Å². The van der Waals surface area contributed by atoms with Crippen LogP contribution in [0.25, 0.3) is 0 Å². The molecule has 2 saturated heterocycles. The van der Waals surface area contributed by atoms with E-state index in [9.17, 15) is 57.9 Å². The molecule has 8 N–H and O–H groups in total. The molecule has 2 heterocycles. The first-order valence-corrected chi connectivity index (χ1v) is 23.8. The first-order chi connectivity index (χ1) is 29.3. The number of aliphatic carboxylic acids is 2. The number of benzene rings is 2. The number of carboxylic acid groups (broad SMARTS) is 2. The Morgan fingerprint density at radius 3 is 1.28 bits per heavy atom. The van der Waals surface area contributed by atoms with Crippen LogP contribution in [0.3, 0.4) is 0 Å². The second-order valence-corrected chi connectivity index (χ2v) is 18.8. The van der Waals surface area contributed by atoms with Crippen molar-refractivity contribution in [3.63, 3.8) is 0 Å². The third-order valence-electron chi connectivity index (χ3n) is 10.2. The molecule has 24 heteroatoms. The molecule has 344 valence electrons. The van der Waals surface area contributed by atoms with Crippen LogP contribution in [0.1, 0.15) is 98.8 Å². The molecule has 0 spiro atoms. The van der Waals surface area contributed by atoms with Gasteiger partial charge in [-0.05, 0) is 115 Å². The van der Waals surface area contributed by atoms with E-state index in [1.807, 2.05) is 0 Å². The van der Waals surface area contributed by atoms with Crippen LogP contribution < -0.4 is 70.0 Å². The molecular formula is C40H58Li2N6O14P2. The van der Waals surface area contributed by atoms with Gasteiger partial charge in [0.1, 0.15) is 23.8 Å². The first-order valence-electron chi connectivity index (χ1n) is 20.5. The van der Waals surface area contributed by atoms with E-state index < -0.39 is 86.6 Å². The third-order valence-corrected chi connectivity index (χ3v) is 13.8. The van der Waals surface area contributed by atoms with Gasteiger partial charge in [0, 0.05) is 24.2 Å². The summed E-state index contributed by atoms with van der Waals surface area (Å²) in [5, 5.41) is 27.5. The molecule has 0 saturated carbocycles. The van der Waals surface area contributed by atoms with Crippen LogP contribution >= 0.6 is 15.2 Å². The average Bonchev–Trinajstić information content (AvgIpc) is 3.95. The van der Waals surface area contributed by atoms with E-state index in [0.717, 1.165) is 9.80 Å². The number of nitrogens with two attached hydrogens (primary N) is 2. The first kappa shape index (κ1) is 58.7. The van der Waals surface area contributed by atoms with Crippen molar-refractivity contribution in [1.82, 2.24) is 20.4 Å². The van der Waals surface area contributed by atoms with E-state index in [1.165, 1.54) is 13.8 Å². The number of carbonyl (C=O) groups is 6. The smallest absolute Gasteiger partial charge is 0.548 e. The van der Waals surface area contributed by atoms with Gasteiger partial charge in [0.15, 0.2) is 0 Å². The minimum Gasteiger partial charge on any atom is -0.548 e. The normalized spacial score (nSPS) is 19.3. The van der Waals surface area contributed by atoms with Crippen molar-refractivity contribution in [3.05, 3.63) is 71.8 Å². The molecule has 2 aromatic carbocycles. The molecule has 2 aliphatic rings. The van der Waals surface area contributed by atoms with Gasteiger partial charge in [0.05, 0.1) is 24.0 Å². The third kappa shape index (κ3) is 17.8. The topological polar surface area (TPSA) is 324 Å². The molecule has 0 aromatic heterocycles. The predicted octanol–water partition coefficient (Wildman–Crippen LogP) is -5.59. The fourth-order valence-corrected chi connectivity index (χ4v) is 9.91. The molecule has 2 aliphatic heterocycles. The number of amides is 4. The fraction of sp³-hybridized carbons (Fsp3) is 0.550. The van der Waals surface area contributed by atoms with Crippen molar-refractivity contribution in [2.24, 2.45) is 11.5 Å². The summed E-state index contributed by atoms with van der Waals surface area (Å²) >= 11 is 0. The molecule has 0 radical (unpaired) electrons. The molecule has 2 fully saturated rings. The maximum absolute atomic E-state index is 13.0. The molecular weight excluding hydrogens is 864 g/mol. The second kappa shape index (κ2) is 28.7. The zero-order chi connectivity index (χ0) is 46.0. The monoisotopic (exact) mass is 922 g/mol. The summed E-state index contributed by atoms with van der Waals surface area (Å²) in [6, 6.07) is 14.2. The minimum atomic E-state index is -4.49. The van der Waals surface area contributed by atoms with Gasteiger partial charge in [-0.25, -0.2) is 0 Å². The van der Waals surface area contributed by atoms with Crippen LogP contribution in [0.4, 0.5) is 0 Å². The predicted molar refractivity (Wildman–Crippen MR) is 221 cm³/mol. The van der Waals surface area contributed by atoms with Gasteiger partial charge in [-0.2, -0.15) is 0 Å². The minimum absolute atomic E-state index is 0. The van der Waals surface area contributed by atoms with E-state index in [2.05, 4.69) is 10.6 Å². The molecule has 2 aromatic rings. The van der Waals surface area contributed by atoms with Gasteiger partial charge < -0.3 is 61.5 Å². The van der Waals surface area contributed by atoms with Gasteiger partial charge in [-0.3, -0.25) is 37.4 Å². The molecule has 0 aliphatic carbocycles. The van der Waals surface area contributed by atoms with Crippen molar-refractivity contribution in [2.75, 3.05) is 26.2 Å². The molecule has 8 atom stereocenters. The van der Waals surface area contributed by atoms with Crippen LogP contribution in [-0.4, -0.2) is 117 Å². The van der Waals surface area contributed by atoms with Gasteiger partial charge >= 0.3 is 52.9 Å². The second-order valence-electron chi connectivity index (χ2n) is 14.9. The standard InChI is InChI=1S/2C20H30N3O7P.2Li/c2*1-14(19(25)23-13-7-10-16(23)20(26)27)30-31(28,29)17(11-5-6-12-21)22-18(24)15-8-3-2-4-9-15;;/h2*2-4,8-9,14,16-17H,5-7,10-13,21H2,1H3,(H,22,24)(H,26,27)(H,28,29);;/q;;2*+1/p-2/t14?,16-,17?;14?,16-,17-;;/m00../s1. The number of nitrogens with one attached hydrogen (secondary N) is 2. The fourth-order valence-electron chi connectivity index (χ4n) is 6.95. The van der Waals surface area contributed by atoms with Crippen LogP contribution in [0, 0.1) is 0 Å². The quantitative estimate of drug-likeness (QED) is 0.0364. The summed E-state index contributed by atoms with van der Waals surface area (Å²) in [6.07, 6.45) is 1.07. The Morgan fingerprint density at radius 2 is 0.984 bits per heavy atom. The van der Waals surface area contributed by atoms with Crippen LogP contribution in [0.15, 0.2) is 60.7 Å². The van der Waals surface area contributed by atoms with Crippen molar-refractivity contribution in [3.8, 4) is 0 Å². The number of carbonyl (C=O) groups excluding carboxylic acids is 6. The molecule has 4 rings (SSSR count). The number of unbranched alkanes of at least 4 members (excludes halogenated alkanes) is 2. The van der Waals surface area contributed by atoms with Crippen LogP contribution in [0.2, 0.25) is 0 Å². The summed E-state index contributed by atoms with van der Waals surface area (Å²) in [5.74, 6) is -7.78. The number of likely N-dealkylation sites (tertiary alicyclic amines) is 2. The van der Waals surface area contributed by atoms with Gasteiger partial charge in [-0.15, -0.1) is 0 Å². The summed E-state index contributed by atoms with van der Waals surface area (Å²) < 4.78 is 36.5. The number of rotatable bonds is 22. The van der Waals surface area contributed by atoms with Gasteiger partial charge in [-0.1, -0.05) is 36.4 Å². The van der Waals surface area contributed by atoms with Gasteiger partial charge in [0.2, 0.25) is 0 Å². The van der Waals surface area contributed by atoms with Crippen molar-refractivity contribution >= 4 is 50.8 Å². The van der Waals surface area contributed by atoms with E-state index in [0.29, 0.717) is 62.7 Å². The Labute approximate surface area is 397 Å². The van der Waals surface area contributed by atoms with Gasteiger partial charge in [0.25, 0.3) is 23.6 Å². The number of hydrogen-bond acceptors (Lipinski definition) is 14. The molecule has 20 nitrogen and oxygen atoms in total. The van der Waals surface area contributed by atoms with E-state index in [1.54, 1.807) is 60.7 Å². The number of nitrogens with zero attached hydrogens (tertiary/aromatic N) is 2. The number of hydrogen-bond donors (Lipinski definition) is 6. The summed E-state index contributed by atoms with van der Waals surface area (Å²) in [7, 11) is -8.99. The van der Waals surface area contributed by atoms with Crippen molar-refractivity contribution < 1.29 is 105 Å². The maximum atomic E-state index is 13.0. The Morgan fingerprint density at radius 1 is 0.656 bits per heavy atom. The SMILES string of the molecule is CC(OP(=O)(O)C(CCCCN)NC(=O)c1ccccc1)C(=O)N1CCC[C@H]1C(=O)[O-].CC(OP(=O)(O)[C@@H](CCCCN)NC(=O)c1ccccc1)C(=O)N1CCC[C@H]1C(=O)[O-].[Li+].[Li+]. The van der Waals surface area contributed by atoms with Crippen molar-refractivity contribution in [2.45, 2.75) is 114 Å². The molecule has 0 bridgehead atoms. The van der Waals surface area contributed by atoms with Crippen molar-refractivity contribution in [1.29, 1.82) is 0 Å². The zero-order valence-corrected chi connectivity index (χ0v) is 38.7. The summed E-state index contributed by atoms with van der Waals surface area (Å²) in [4.78, 5) is 96.1. The Bertz CT molecular complexity index is 1790. The Kier molecular flexibility index (Phi) is 26.3. The molecule has 64 heavy (non-hydrogen) atoms. The maximum Gasteiger partial charge on any atom is 1.00 e. The number of carboxylic acids is 2. The van der Waals surface area contributed by atoms with E-state index in [4.69, 9.17) is 20.5 Å². The summed E-state index contributed by atoms with van der Waals surface area (Å²) in [6.45, 7) is 3.73.